The molecule has 7 nitrogen and oxygen atoms in total. The van der Waals surface area contributed by atoms with Gasteiger partial charge in [-0.25, -0.2) is 9.98 Å². The average molecular weight is 376 g/mol. The number of rotatable bonds is 3. The third-order valence-electron chi connectivity index (χ3n) is 5.12. The van der Waals surface area contributed by atoms with Crippen molar-refractivity contribution >= 4 is 22.7 Å². The van der Waals surface area contributed by atoms with Crippen LogP contribution in [0.4, 0.5) is 0 Å². The van der Waals surface area contributed by atoms with Gasteiger partial charge in [-0.1, -0.05) is 0 Å². The van der Waals surface area contributed by atoms with Gasteiger partial charge >= 0.3 is 0 Å². The first kappa shape index (κ1) is 18.1. The second kappa shape index (κ2) is 6.38. The van der Waals surface area contributed by atoms with Crippen LogP contribution in [-0.2, 0) is 5.79 Å². The Morgan fingerprint density at radius 1 is 1.07 bits per heavy atom. The fourth-order valence-electron chi connectivity index (χ4n) is 3.49. The number of nitrogens with one attached hydrogen (secondary N) is 1. The normalized spacial score (nSPS) is 19.2. The maximum Gasteiger partial charge on any atom is 0.212 e. The van der Waals surface area contributed by atoms with E-state index in [4.69, 9.17) is 21.2 Å². The molecule has 2 heterocycles. The van der Waals surface area contributed by atoms with Gasteiger partial charge in [-0.2, -0.15) is 0 Å². The van der Waals surface area contributed by atoms with Crippen molar-refractivity contribution in [2.24, 2.45) is 16.5 Å². The van der Waals surface area contributed by atoms with Crippen molar-refractivity contribution in [2.75, 3.05) is 7.11 Å². The molecule has 28 heavy (non-hydrogen) atoms. The van der Waals surface area contributed by atoms with Gasteiger partial charge in [0.05, 0.1) is 18.1 Å². The number of benzene rings is 2. The average Bonchev–Trinajstić information content (AvgIpc) is 2.96. The lowest BCUT2D eigenvalue weighted by Gasteiger charge is -2.33. The highest BCUT2D eigenvalue weighted by Gasteiger charge is 2.32. The minimum atomic E-state index is -1.19. The van der Waals surface area contributed by atoms with Crippen LogP contribution < -0.4 is 21.5 Å². The molecule has 2 aromatic carbocycles. The first-order valence-corrected chi connectivity index (χ1v) is 9.06. The summed E-state index contributed by atoms with van der Waals surface area (Å²) < 4.78 is 7.25. The molecule has 144 valence electrons. The van der Waals surface area contributed by atoms with E-state index in [2.05, 4.69) is 36.3 Å². The van der Waals surface area contributed by atoms with Crippen LogP contribution in [0.25, 0.3) is 16.9 Å². The van der Waals surface area contributed by atoms with E-state index in [1.54, 1.807) is 13.2 Å². The van der Waals surface area contributed by atoms with Crippen LogP contribution in [0, 0.1) is 20.8 Å². The van der Waals surface area contributed by atoms with Crippen molar-refractivity contribution in [2.45, 2.75) is 26.6 Å². The monoisotopic (exact) mass is 376 g/mol. The number of aryl methyl sites for hydroxylation is 3. The number of ether oxygens (including phenoxy) is 1. The molecule has 4 rings (SSSR count). The predicted octanol–water partition coefficient (Wildman–Crippen LogP) is 2.50. The summed E-state index contributed by atoms with van der Waals surface area (Å²) in [4.78, 5) is 9.15. The molecule has 3 aromatic rings. The minimum absolute atomic E-state index is 0.345. The van der Waals surface area contributed by atoms with E-state index in [1.807, 2.05) is 35.8 Å². The summed E-state index contributed by atoms with van der Waals surface area (Å²) in [5.41, 5.74) is 17.8. The van der Waals surface area contributed by atoms with Crippen LogP contribution in [0.15, 0.2) is 47.5 Å². The molecular formula is C21H24N6O. The number of imidazole rings is 1. The molecule has 0 amide bonds. The van der Waals surface area contributed by atoms with Crippen LogP contribution in [0.2, 0.25) is 0 Å². The number of amidine groups is 1. The Bertz CT molecular complexity index is 1130. The van der Waals surface area contributed by atoms with E-state index in [9.17, 15) is 0 Å². The number of nitrogens with two attached hydrogens (primary N) is 2. The quantitative estimate of drug-likeness (QED) is 0.652. The van der Waals surface area contributed by atoms with Crippen LogP contribution in [0.5, 0.6) is 5.75 Å². The minimum Gasteiger partial charge on any atom is -0.497 e. The Balaban J connectivity index is 1.81. The van der Waals surface area contributed by atoms with E-state index in [-0.39, 0.29) is 0 Å². The topological polar surface area (TPSA) is 103 Å². The summed E-state index contributed by atoms with van der Waals surface area (Å²) in [5, 5.41) is 3.34. The molecule has 0 radical (unpaired) electrons. The molecule has 0 bridgehead atoms. The van der Waals surface area contributed by atoms with Crippen molar-refractivity contribution in [1.82, 2.24) is 14.9 Å². The van der Waals surface area contributed by atoms with Gasteiger partial charge in [0.1, 0.15) is 23.2 Å². The molecule has 0 fully saturated rings. The predicted molar refractivity (Wildman–Crippen MR) is 112 cm³/mol. The molecule has 1 unspecified atom stereocenters. The third kappa shape index (κ3) is 2.90. The Labute approximate surface area is 163 Å². The second-order valence-electron chi connectivity index (χ2n) is 7.11. The largest absolute Gasteiger partial charge is 0.497 e. The van der Waals surface area contributed by atoms with E-state index >= 15 is 0 Å². The number of fused-ring (bicyclic) bond motifs is 1. The van der Waals surface area contributed by atoms with Gasteiger partial charge in [0.15, 0.2) is 0 Å². The van der Waals surface area contributed by atoms with Crippen LogP contribution in [0.1, 0.15) is 22.5 Å². The van der Waals surface area contributed by atoms with Crippen LogP contribution in [0.3, 0.4) is 0 Å². The van der Waals surface area contributed by atoms with E-state index in [1.165, 1.54) is 11.1 Å². The summed E-state index contributed by atoms with van der Waals surface area (Å²) in [6.45, 7) is 6.13. The van der Waals surface area contributed by atoms with E-state index < -0.39 is 5.79 Å². The van der Waals surface area contributed by atoms with E-state index in [0.29, 0.717) is 5.84 Å². The molecule has 0 saturated heterocycles. The lowest BCUT2D eigenvalue weighted by Crippen LogP contribution is -2.52. The molecule has 7 heteroatoms. The molecule has 1 atom stereocenters. The van der Waals surface area contributed by atoms with E-state index in [0.717, 1.165) is 34.0 Å². The summed E-state index contributed by atoms with van der Waals surface area (Å²) in [6.07, 6.45) is 1.78. The smallest absolute Gasteiger partial charge is 0.212 e. The van der Waals surface area contributed by atoms with Gasteiger partial charge in [0.2, 0.25) is 5.79 Å². The Morgan fingerprint density at radius 2 is 1.75 bits per heavy atom. The van der Waals surface area contributed by atoms with Crippen molar-refractivity contribution in [3.63, 3.8) is 0 Å². The van der Waals surface area contributed by atoms with Gasteiger partial charge in [-0.15, -0.1) is 0 Å². The molecular weight excluding hydrogens is 352 g/mol. The summed E-state index contributed by atoms with van der Waals surface area (Å²) in [5.74, 6) is 1.47. The van der Waals surface area contributed by atoms with Gasteiger partial charge < -0.3 is 15.8 Å². The zero-order valence-corrected chi connectivity index (χ0v) is 16.4. The standard InChI is InChI=1S/C21H24N6O/c1-12-9-17-18(10-13(12)2)27(14(3)24-17)20-11-19(22)25-21(23,26-20)15-5-7-16(28-4)8-6-15/h5-11,26H,23H2,1-4H3,(H2,22,25). The van der Waals surface area contributed by atoms with Crippen molar-refractivity contribution < 1.29 is 4.74 Å². The number of hydrogen-bond acceptors (Lipinski definition) is 6. The second-order valence-corrected chi connectivity index (χ2v) is 7.11. The Hall–Kier alpha value is -3.32. The highest BCUT2D eigenvalue weighted by atomic mass is 16.5. The van der Waals surface area contributed by atoms with Crippen LogP contribution in [-0.4, -0.2) is 22.5 Å². The number of nitrogens with zero attached hydrogens (tertiary/aromatic N) is 3. The molecule has 1 aromatic heterocycles. The van der Waals surface area contributed by atoms with Crippen molar-refractivity contribution in [3.05, 3.63) is 65.0 Å². The van der Waals surface area contributed by atoms with Gasteiger partial charge in [-0.05, 0) is 68.3 Å². The summed E-state index contributed by atoms with van der Waals surface area (Å²) in [7, 11) is 1.62. The number of hydrogen-bond donors (Lipinski definition) is 3. The lowest BCUT2D eigenvalue weighted by atomic mass is 10.1. The van der Waals surface area contributed by atoms with Crippen LogP contribution >= 0.6 is 0 Å². The fraction of sp³-hybridized carbons (Fsp3) is 0.238. The maximum atomic E-state index is 6.61. The molecule has 0 saturated carbocycles. The summed E-state index contributed by atoms with van der Waals surface area (Å²) >= 11 is 0. The molecule has 1 aliphatic rings. The summed E-state index contributed by atoms with van der Waals surface area (Å²) in [6, 6.07) is 11.7. The third-order valence-corrected chi connectivity index (χ3v) is 5.12. The Kier molecular flexibility index (Phi) is 4.12. The molecule has 5 N–H and O–H groups in total. The molecule has 1 aliphatic heterocycles. The van der Waals surface area contributed by atoms with Gasteiger partial charge in [0, 0.05) is 11.6 Å². The Morgan fingerprint density at radius 3 is 2.43 bits per heavy atom. The van der Waals surface area contributed by atoms with Crippen molar-refractivity contribution in [1.29, 1.82) is 0 Å². The fourth-order valence-corrected chi connectivity index (χ4v) is 3.49. The number of aromatic nitrogens is 2. The highest BCUT2D eigenvalue weighted by Crippen LogP contribution is 2.28. The first-order chi connectivity index (χ1) is 13.3. The van der Waals surface area contributed by atoms with Gasteiger partial charge in [0.25, 0.3) is 0 Å². The first-order valence-electron chi connectivity index (χ1n) is 9.06. The molecule has 0 aliphatic carbocycles. The van der Waals surface area contributed by atoms with Crippen molar-refractivity contribution in [3.8, 4) is 5.75 Å². The zero-order valence-electron chi connectivity index (χ0n) is 16.4. The zero-order chi connectivity index (χ0) is 20.1. The number of aliphatic imine (C=N–C) groups is 1. The highest BCUT2D eigenvalue weighted by molar-refractivity contribution is 5.98. The number of methoxy groups -OCH3 is 1. The SMILES string of the molecule is COc1ccc(C2(N)N=C(N)C=C(n3c(C)nc4cc(C)c(C)cc43)N2)cc1. The lowest BCUT2D eigenvalue weighted by molar-refractivity contribution is 0.403. The van der Waals surface area contributed by atoms with Gasteiger partial charge in [-0.3, -0.25) is 10.3 Å². The molecule has 0 spiro atoms. The maximum absolute atomic E-state index is 6.61.